The lowest BCUT2D eigenvalue weighted by atomic mass is 9.54. The summed E-state index contributed by atoms with van der Waals surface area (Å²) >= 11 is 0. The van der Waals surface area contributed by atoms with Crippen molar-refractivity contribution in [3.8, 4) is 0 Å². The molecule has 4 bridgehead atoms. The van der Waals surface area contributed by atoms with E-state index in [0.717, 1.165) is 99.9 Å². The molecule has 5 heteroatoms. The van der Waals surface area contributed by atoms with Crippen LogP contribution in [0.2, 0.25) is 0 Å². The molecule has 10 atom stereocenters. The summed E-state index contributed by atoms with van der Waals surface area (Å²) in [5, 5.41) is 0. The van der Waals surface area contributed by atoms with Crippen LogP contribution >= 0.6 is 0 Å². The molecular formula is C25H40N2O3. The Balaban J connectivity index is 1.17. The zero-order valence-corrected chi connectivity index (χ0v) is 18.9. The molecule has 0 aromatic heterocycles. The summed E-state index contributed by atoms with van der Waals surface area (Å²) in [6.07, 6.45) is 4.11. The molecule has 0 radical (unpaired) electrons. The molecule has 3 aliphatic heterocycles. The molecule has 3 heterocycles. The molecule has 168 valence electrons. The van der Waals surface area contributed by atoms with Crippen molar-refractivity contribution in [2.75, 3.05) is 65.7 Å². The molecule has 5 aliphatic carbocycles. The maximum absolute atomic E-state index is 7.44. The van der Waals surface area contributed by atoms with E-state index in [1.54, 1.807) is 6.42 Å². The smallest absolute Gasteiger partial charge is 0.0771 e. The molecule has 0 N–H and O–H groups in total. The zero-order chi connectivity index (χ0) is 20.1. The van der Waals surface area contributed by atoms with Crippen molar-refractivity contribution < 1.29 is 14.2 Å². The number of rotatable bonds is 2. The third-order valence-electron chi connectivity index (χ3n) is 11.1. The van der Waals surface area contributed by atoms with Crippen molar-refractivity contribution in [2.45, 2.75) is 44.3 Å². The van der Waals surface area contributed by atoms with Gasteiger partial charge >= 0.3 is 0 Å². The fraction of sp³-hybridized carbons (Fsp3) is 1.00. The summed E-state index contributed by atoms with van der Waals surface area (Å²) in [6.45, 7) is 14.4. The fourth-order valence-electron chi connectivity index (χ4n) is 10.5. The molecule has 8 aliphatic rings. The van der Waals surface area contributed by atoms with E-state index in [4.69, 9.17) is 14.2 Å². The minimum atomic E-state index is 0.245. The highest BCUT2D eigenvalue weighted by molar-refractivity contribution is 5.43. The van der Waals surface area contributed by atoms with Crippen LogP contribution in [-0.4, -0.2) is 86.7 Å². The first-order valence-electron chi connectivity index (χ1n) is 13.1. The zero-order valence-electron chi connectivity index (χ0n) is 18.9. The van der Waals surface area contributed by atoms with E-state index >= 15 is 0 Å². The van der Waals surface area contributed by atoms with Gasteiger partial charge in [0.15, 0.2) is 0 Å². The minimum Gasteiger partial charge on any atom is -0.378 e. The Bertz CT molecular complexity index is 644. The van der Waals surface area contributed by atoms with Crippen LogP contribution in [0.4, 0.5) is 0 Å². The summed E-state index contributed by atoms with van der Waals surface area (Å²) in [5.74, 6) is 7.77. The van der Waals surface area contributed by atoms with Gasteiger partial charge in [-0.25, -0.2) is 0 Å². The average molecular weight is 417 g/mol. The molecule has 5 saturated carbocycles. The molecule has 3 saturated heterocycles. The lowest BCUT2D eigenvalue weighted by Crippen LogP contribution is -2.53. The van der Waals surface area contributed by atoms with Crippen LogP contribution < -0.4 is 0 Å². The Morgan fingerprint density at radius 1 is 0.667 bits per heavy atom. The minimum absolute atomic E-state index is 0.245. The Morgan fingerprint density at radius 3 is 1.63 bits per heavy atom. The maximum Gasteiger partial charge on any atom is 0.0771 e. The van der Waals surface area contributed by atoms with Crippen molar-refractivity contribution in [2.24, 2.45) is 47.3 Å². The quantitative estimate of drug-likeness (QED) is 0.690. The third-order valence-corrected chi connectivity index (χ3v) is 11.1. The lowest BCUT2D eigenvalue weighted by Gasteiger charge is -2.48. The number of hydrogen-bond donors (Lipinski definition) is 0. The first kappa shape index (κ1) is 19.3. The molecule has 10 unspecified atom stereocenters. The van der Waals surface area contributed by atoms with E-state index in [1.807, 2.05) is 0 Å². The van der Waals surface area contributed by atoms with Crippen molar-refractivity contribution in [3.63, 3.8) is 0 Å². The highest BCUT2D eigenvalue weighted by Crippen LogP contribution is 2.93. The summed E-state index contributed by atoms with van der Waals surface area (Å²) < 4.78 is 19.2. The molecule has 2 spiro atoms. The Labute approximate surface area is 181 Å². The van der Waals surface area contributed by atoms with E-state index in [9.17, 15) is 0 Å². The molecule has 0 aromatic carbocycles. The first-order chi connectivity index (χ1) is 14.7. The molecule has 5 nitrogen and oxygen atoms in total. The molecule has 8 rings (SSSR count). The van der Waals surface area contributed by atoms with Gasteiger partial charge in [0, 0.05) is 26.2 Å². The molecule has 0 aromatic rings. The highest BCUT2D eigenvalue weighted by atomic mass is 16.5. The maximum atomic E-state index is 7.44. The van der Waals surface area contributed by atoms with Crippen molar-refractivity contribution in [1.29, 1.82) is 0 Å². The van der Waals surface area contributed by atoms with Crippen LogP contribution in [-0.2, 0) is 14.2 Å². The van der Waals surface area contributed by atoms with Gasteiger partial charge in [-0.05, 0) is 79.7 Å². The number of nitrogens with zero attached hydrogens (tertiary/aromatic N) is 2. The second kappa shape index (κ2) is 6.66. The third kappa shape index (κ3) is 2.13. The SMILES string of the molecule is CCN1CCOCCOCCN(CC)CCC23OC4(CC1)C1C5CC(C6C5C4C62)C13. The van der Waals surface area contributed by atoms with Gasteiger partial charge < -0.3 is 24.0 Å². The molecule has 0 amide bonds. The van der Waals surface area contributed by atoms with Gasteiger partial charge in [-0.1, -0.05) is 13.8 Å². The van der Waals surface area contributed by atoms with E-state index in [-0.39, 0.29) is 11.2 Å². The first-order valence-corrected chi connectivity index (χ1v) is 13.1. The average Bonchev–Trinajstić information content (AvgIpc) is 3.40. The van der Waals surface area contributed by atoms with Gasteiger partial charge in [0.05, 0.1) is 37.6 Å². The largest absolute Gasteiger partial charge is 0.378 e. The standard InChI is InChI=1S/C25H40N2O3/c1-3-26-7-5-24-20-16-15-17-19-18(16)22(24)23(19)25(30-24,21(17)20)6-8-27(4-2)10-12-29-14-13-28-11-9-26/h16-23H,3-15H2,1-2H3. The fourth-order valence-corrected chi connectivity index (χ4v) is 10.5. The van der Waals surface area contributed by atoms with E-state index in [0.29, 0.717) is 0 Å². The number of ether oxygens (including phenoxy) is 3. The predicted molar refractivity (Wildman–Crippen MR) is 114 cm³/mol. The Kier molecular flexibility index (Phi) is 4.28. The van der Waals surface area contributed by atoms with Crippen molar-refractivity contribution in [3.05, 3.63) is 0 Å². The Morgan fingerprint density at radius 2 is 1.17 bits per heavy atom. The summed E-state index contributed by atoms with van der Waals surface area (Å²) in [4.78, 5) is 5.21. The van der Waals surface area contributed by atoms with Gasteiger partial charge in [0.1, 0.15) is 0 Å². The number of likely N-dealkylation sites (N-methyl/N-ethyl adjacent to an activating group) is 2. The summed E-state index contributed by atoms with van der Waals surface area (Å²) in [6, 6.07) is 0. The Hall–Kier alpha value is -0.200. The highest BCUT2D eigenvalue weighted by Gasteiger charge is 2.96. The monoisotopic (exact) mass is 416 g/mol. The van der Waals surface area contributed by atoms with Crippen LogP contribution in [0, 0.1) is 47.3 Å². The van der Waals surface area contributed by atoms with Gasteiger partial charge in [0.2, 0.25) is 0 Å². The van der Waals surface area contributed by atoms with Crippen LogP contribution in [0.5, 0.6) is 0 Å². The van der Waals surface area contributed by atoms with E-state index in [1.165, 1.54) is 25.9 Å². The van der Waals surface area contributed by atoms with Crippen LogP contribution in [0.15, 0.2) is 0 Å². The summed E-state index contributed by atoms with van der Waals surface area (Å²) in [7, 11) is 0. The molecular weight excluding hydrogens is 376 g/mol. The predicted octanol–water partition coefficient (Wildman–Crippen LogP) is 2.35. The van der Waals surface area contributed by atoms with E-state index < -0.39 is 0 Å². The topological polar surface area (TPSA) is 34.2 Å². The lowest BCUT2D eigenvalue weighted by molar-refractivity contribution is -0.0854. The van der Waals surface area contributed by atoms with Gasteiger partial charge in [-0.15, -0.1) is 0 Å². The van der Waals surface area contributed by atoms with Crippen LogP contribution in [0.1, 0.15) is 33.1 Å². The van der Waals surface area contributed by atoms with Crippen LogP contribution in [0.25, 0.3) is 0 Å². The van der Waals surface area contributed by atoms with Crippen LogP contribution in [0.3, 0.4) is 0 Å². The van der Waals surface area contributed by atoms with E-state index in [2.05, 4.69) is 23.6 Å². The second-order valence-corrected chi connectivity index (χ2v) is 11.4. The van der Waals surface area contributed by atoms with Gasteiger partial charge in [-0.3, -0.25) is 0 Å². The molecule has 8 fully saturated rings. The van der Waals surface area contributed by atoms with Crippen molar-refractivity contribution >= 4 is 0 Å². The molecule has 30 heavy (non-hydrogen) atoms. The van der Waals surface area contributed by atoms with Gasteiger partial charge in [0.25, 0.3) is 0 Å². The normalized spacial score (nSPS) is 57.4. The second-order valence-electron chi connectivity index (χ2n) is 11.4. The van der Waals surface area contributed by atoms with Crippen molar-refractivity contribution in [1.82, 2.24) is 9.80 Å². The van der Waals surface area contributed by atoms with Gasteiger partial charge in [-0.2, -0.15) is 0 Å². The summed E-state index contributed by atoms with van der Waals surface area (Å²) in [5.41, 5.74) is 0.490. The number of hydrogen-bond acceptors (Lipinski definition) is 5.